The Bertz CT molecular complexity index is 461. The molecule has 0 aliphatic carbocycles. The van der Waals surface area contributed by atoms with Crippen LogP contribution in [0.25, 0.3) is 0 Å². The number of piperidine rings is 1. The van der Waals surface area contributed by atoms with Crippen LogP contribution in [0.3, 0.4) is 0 Å². The second-order valence-corrected chi connectivity index (χ2v) is 6.46. The van der Waals surface area contributed by atoms with Crippen molar-refractivity contribution in [2.45, 2.75) is 45.6 Å². The molecule has 0 unspecified atom stereocenters. The molecule has 1 aromatic carbocycles. The van der Waals surface area contributed by atoms with E-state index in [-0.39, 0.29) is 17.4 Å². The average Bonchev–Trinajstić information content (AvgIpc) is 2.49. The van der Waals surface area contributed by atoms with E-state index < -0.39 is 0 Å². The van der Waals surface area contributed by atoms with Gasteiger partial charge < -0.3 is 10.6 Å². The molecule has 2 rings (SSSR count). The summed E-state index contributed by atoms with van der Waals surface area (Å²) in [7, 11) is 0. The maximum Gasteiger partial charge on any atom is 0.226 e. The minimum Gasteiger partial charge on any atom is -0.349 e. The van der Waals surface area contributed by atoms with Gasteiger partial charge in [-0.2, -0.15) is 0 Å². The molecule has 1 aromatic rings. The molecule has 3 nitrogen and oxygen atoms in total. The predicted octanol–water partition coefficient (Wildman–Crippen LogP) is 3.69. The number of hydrogen-bond donors (Lipinski definition) is 2. The topological polar surface area (TPSA) is 41.1 Å². The zero-order chi connectivity index (χ0) is 15.3. The molecule has 0 radical (unpaired) electrons. The molecular weight excluding hydrogens is 284 g/mol. The van der Waals surface area contributed by atoms with E-state index in [1.807, 2.05) is 31.2 Å². The van der Waals surface area contributed by atoms with Gasteiger partial charge in [-0.15, -0.1) is 0 Å². The normalized spacial score (nSPS) is 19.0. The lowest BCUT2D eigenvalue weighted by molar-refractivity contribution is -0.133. The zero-order valence-corrected chi connectivity index (χ0v) is 13.7. The molecule has 1 amide bonds. The van der Waals surface area contributed by atoms with Crippen molar-refractivity contribution in [1.82, 2.24) is 10.6 Å². The van der Waals surface area contributed by atoms with E-state index in [0.29, 0.717) is 0 Å². The fourth-order valence-corrected chi connectivity index (χ4v) is 3.28. The Hall–Kier alpha value is -1.06. The minimum atomic E-state index is -0.194. The molecule has 1 fully saturated rings. The van der Waals surface area contributed by atoms with Crippen LogP contribution < -0.4 is 10.6 Å². The number of benzene rings is 1. The van der Waals surface area contributed by atoms with Crippen LogP contribution in [0, 0.1) is 5.41 Å². The molecule has 1 aliphatic heterocycles. The van der Waals surface area contributed by atoms with Crippen LogP contribution in [0.2, 0.25) is 5.02 Å². The molecule has 1 aliphatic rings. The first-order chi connectivity index (χ1) is 10.1. The first-order valence-corrected chi connectivity index (χ1v) is 8.22. The molecule has 0 spiro atoms. The fourth-order valence-electron chi connectivity index (χ4n) is 3.16. The van der Waals surface area contributed by atoms with E-state index in [0.717, 1.165) is 49.4 Å². The van der Waals surface area contributed by atoms with Gasteiger partial charge in [0.1, 0.15) is 0 Å². The van der Waals surface area contributed by atoms with Gasteiger partial charge in [-0.1, -0.05) is 37.1 Å². The van der Waals surface area contributed by atoms with Crippen molar-refractivity contribution in [1.29, 1.82) is 0 Å². The number of halogens is 1. The summed E-state index contributed by atoms with van der Waals surface area (Å²) in [5, 5.41) is 7.27. The van der Waals surface area contributed by atoms with Crippen LogP contribution in [-0.2, 0) is 4.79 Å². The third-order valence-electron chi connectivity index (χ3n) is 4.49. The second kappa shape index (κ2) is 7.28. The third-order valence-corrected chi connectivity index (χ3v) is 4.74. The molecule has 0 saturated carbocycles. The average molecular weight is 309 g/mol. The van der Waals surface area contributed by atoms with Gasteiger partial charge in [0.05, 0.1) is 11.5 Å². The van der Waals surface area contributed by atoms with Crippen molar-refractivity contribution in [3.8, 4) is 0 Å². The number of rotatable bonds is 5. The Morgan fingerprint density at radius 1 is 1.33 bits per heavy atom. The summed E-state index contributed by atoms with van der Waals surface area (Å²) in [5.74, 6) is 0.202. The van der Waals surface area contributed by atoms with Crippen molar-refractivity contribution in [2.75, 3.05) is 13.1 Å². The van der Waals surface area contributed by atoms with Gasteiger partial charge in [0.2, 0.25) is 5.91 Å². The number of hydrogen-bond acceptors (Lipinski definition) is 2. The van der Waals surface area contributed by atoms with Crippen LogP contribution >= 0.6 is 11.6 Å². The summed E-state index contributed by atoms with van der Waals surface area (Å²) < 4.78 is 0. The van der Waals surface area contributed by atoms with Crippen molar-refractivity contribution < 1.29 is 4.79 Å². The molecule has 116 valence electrons. The summed E-state index contributed by atoms with van der Waals surface area (Å²) >= 11 is 5.91. The van der Waals surface area contributed by atoms with Crippen LogP contribution in [-0.4, -0.2) is 19.0 Å². The Labute approximate surface area is 132 Å². The number of carbonyl (C=O) groups is 1. The lowest BCUT2D eigenvalue weighted by Crippen LogP contribution is -2.48. The maximum absolute atomic E-state index is 12.8. The lowest BCUT2D eigenvalue weighted by atomic mass is 9.74. The minimum absolute atomic E-state index is 0.0124. The van der Waals surface area contributed by atoms with E-state index >= 15 is 0 Å². The Morgan fingerprint density at radius 3 is 2.52 bits per heavy atom. The first-order valence-electron chi connectivity index (χ1n) is 7.84. The number of amides is 1. The van der Waals surface area contributed by atoms with Crippen LogP contribution in [0.4, 0.5) is 0 Å². The van der Waals surface area contributed by atoms with Gasteiger partial charge in [-0.25, -0.2) is 0 Å². The highest BCUT2D eigenvalue weighted by Gasteiger charge is 2.38. The number of carbonyl (C=O) groups excluding carboxylic acids is 1. The second-order valence-electron chi connectivity index (χ2n) is 6.03. The highest BCUT2D eigenvalue weighted by atomic mass is 35.5. The van der Waals surface area contributed by atoms with Crippen molar-refractivity contribution in [2.24, 2.45) is 5.41 Å². The summed E-state index contributed by atoms with van der Waals surface area (Å²) in [6.45, 7) is 6.05. The molecule has 21 heavy (non-hydrogen) atoms. The molecule has 0 aromatic heterocycles. The summed E-state index contributed by atoms with van der Waals surface area (Å²) in [6.07, 6.45) is 3.87. The Kier molecular flexibility index (Phi) is 5.65. The molecule has 4 heteroatoms. The molecule has 1 atom stereocenters. The highest BCUT2D eigenvalue weighted by molar-refractivity contribution is 6.30. The van der Waals surface area contributed by atoms with Gasteiger partial charge in [-0.05, 0) is 57.0 Å². The predicted molar refractivity (Wildman–Crippen MR) is 87.5 cm³/mol. The van der Waals surface area contributed by atoms with Crippen molar-refractivity contribution in [3.05, 3.63) is 34.9 Å². The Balaban J connectivity index is 2.05. The van der Waals surface area contributed by atoms with Gasteiger partial charge >= 0.3 is 0 Å². The van der Waals surface area contributed by atoms with E-state index in [9.17, 15) is 4.79 Å². The molecule has 1 heterocycles. The van der Waals surface area contributed by atoms with Crippen molar-refractivity contribution in [3.63, 3.8) is 0 Å². The molecule has 0 bridgehead atoms. The van der Waals surface area contributed by atoms with Crippen molar-refractivity contribution >= 4 is 17.5 Å². The maximum atomic E-state index is 12.8. The Morgan fingerprint density at radius 2 is 1.95 bits per heavy atom. The van der Waals surface area contributed by atoms with Gasteiger partial charge in [-0.3, -0.25) is 4.79 Å². The quantitative estimate of drug-likeness (QED) is 0.871. The standard InChI is InChI=1S/C17H25ClN2O/c1-3-8-17(9-11-19-12-10-17)16(21)20-13(2)14-4-6-15(18)7-5-14/h4-7,13,19H,3,8-12H2,1-2H3,(H,20,21)/t13-/m1/s1. The van der Waals surface area contributed by atoms with Crippen LogP contribution in [0.5, 0.6) is 0 Å². The summed E-state index contributed by atoms with van der Waals surface area (Å²) in [5.41, 5.74) is 0.897. The lowest BCUT2D eigenvalue weighted by Gasteiger charge is -2.37. The molecular formula is C17H25ClN2O. The zero-order valence-electron chi connectivity index (χ0n) is 12.9. The van der Waals surface area contributed by atoms with E-state index in [2.05, 4.69) is 17.6 Å². The monoisotopic (exact) mass is 308 g/mol. The van der Waals surface area contributed by atoms with Gasteiger partial charge in [0.25, 0.3) is 0 Å². The fraction of sp³-hybridized carbons (Fsp3) is 0.588. The van der Waals surface area contributed by atoms with E-state index in [1.165, 1.54) is 0 Å². The smallest absolute Gasteiger partial charge is 0.226 e. The SMILES string of the molecule is CCCC1(C(=O)N[C@H](C)c2ccc(Cl)cc2)CCNCC1. The number of nitrogens with one attached hydrogen (secondary N) is 2. The van der Waals surface area contributed by atoms with E-state index in [4.69, 9.17) is 11.6 Å². The van der Waals surface area contributed by atoms with Crippen LogP contribution in [0.1, 0.15) is 51.1 Å². The van der Waals surface area contributed by atoms with Gasteiger partial charge in [0, 0.05) is 5.02 Å². The largest absolute Gasteiger partial charge is 0.349 e. The van der Waals surface area contributed by atoms with Crippen LogP contribution in [0.15, 0.2) is 24.3 Å². The van der Waals surface area contributed by atoms with E-state index in [1.54, 1.807) is 0 Å². The first kappa shape index (κ1) is 16.3. The molecule has 1 saturated heterocycles. The third kappa shape index (κ3) is 3.98. The molecule has 2 N–H and O–H groups in total. The highest BCUT2D eigenvalue weighted by Crippen LogP contribution is 2.35. The van der Waals surface area contributed by atoms with Gasteiger partial charge in [0.15, 0.2) is 0 Å². The summed E-state index contributed by atoms with van der Waals surface area (Å²) in [4.78, 5) is 12.8. The summed E-state index contributed by atoms with van der Waals surface area (Å²) in [6, 6.07) is 7.70.